The van der Waals surface area contributed by atoms with Gasteiger partial charge in [-0.15, -0.1) is 0 Å². The molecular formula is C15H20O3. The molecule has 0 bridgehead atoms. The van der Waals surface area contributed by atoms with E-state index in [0.29, 0.717) is 19.1 Å². The molecule has 0 saturated heterocycles. The van der Waals surface area contributed by atoms with Crippen LogP contribution in [0.25, 0.3) is 0 Å². The molecule has 1 aromatic rings. The van der Waals surface area contributed by atoms with Crippen LogP contribution < -0.4 is 0 Å². The average Bonchev–Trinajstić information content (AvgIpc) is 3.16. The highest BCUT2D eigenvalue weighted by Gasteiger charge is 2.43. The van der Waals surface area contributed by atoms with E-state index in [4.69, 9.17) is 9.47 Å². The Kier molecular flexibility index (Phi) is 4.76. The maximum Gasteiger partial charge on any atom is 0.309 e. The summed E-state index contributed by atoms with van der Waals surface area (Å²) < 4.78 is 10.6. The molecule has 0 aliphatic heterocycles. The molecule has 1 aromatic carbocycles. The van der Waals surface area contributed by atoms with Gasteiger partial charge in [0.15, 0.2) is 0 Å². The number of hydrogen-bond donors (Lipinski definition) is 0. The minimum absolute atomic E-state index is 0.0365. The zero-order valence-electron chi connectivity index (χ0n) is 10.8. The molecule has 2 atom stereocenters. The molecule has 0 radical (unpaired) electrons. The van der Waals surface area contributed by atoms with Crippen molar-refractivity contribution in [2.75, 3.05) is 13.2 Å². The Hall–Kier alpha value is -1.35. The molecule has 1 aliphatic carbocycles. The van der Waals surface area contributed by atoms with Crippen LogP contribution in [-0.2, 0) is 20.9 Å². The molecule has 3 nitrogen and oxygen atoms in total. The van der Waals surface area contributed by atoms with Gasteiger partial charge in [-0.3, -0.25) is 4.79 Å². The molecule has 98 valence electrons. The second-order valence-electron chi connectivity index (χ2n) is 4.68. The molecule has 0 aromatic heterocycles. The molecule has 18 heavy (non-hydrogen) atoms. The summed E-state index contributed by atoms with van der Waals surface area (Å²) >= 11 is 0. The molecule has 0 heterocycles. The van der Waals surface area contributed by atoms with Crippen molar-refractivity contribution in [1.82, 2.24) is 0 Å². The fraction of sp³-hybridized carbons (Fsp3) is 0.533. The Morgan fingerprint density at radius 1 is 1.33 bits per heavy atom. The van der Waals surface area contributed by atoms with Crippen LogP contribution in [0.15, 0.2) is 30.3 Å². The molecule has 2 rings (SSSR count). The fourth-order valence-corrected chi connectivity index (χ4v) is 2.10. The predicted molar refractivity (Wildman–Crippen MR) is 68.9 cm³/mol. The molecule has 0 N–H and O–H groups in total. The van der Waals surface area contributed by atoms with E-state index in [1.165, 1.54) is 5.56 Å². The summed E-state index contributed by atoms with van der Waals surface area (Å²) in [6.07, 6.45) is 1.92. The van der Waals surface area contributed by atoms with Gasteiger partial charge in [0, 0.05) is 6.61 Å². The van der Waals surface area contributed by atoms with Crippen LogP contribution in [-0.4, -0.2) is 19.2 Å². The smallest absolute Gasteiger partial charge is 0.309 e. The van der Waals surface area contributed by atoms with E-state index in [-0.39, 0.29) is 11.9 Å². The number of ether oxygens (including phenoxy) is 2. The van der Waals surface area contributed by atoms with Gasteiger partial charge in [-0.2, -0.15) is 0 Å². The summed E-state index contributed by atoms with van der Waals surface area (Å²) in [5.74, 6) is 0.565. The van der Waals surface area contributed by atoms with Crippen LogP contribution >= 0.6 is 0 Å². The van der Waals surface area contributed by atoms with Gasteiger partial charge in [0.25, 0.3) is 0 Å². The zero-order chi connectivity index (χ0) is 12.8. The lowest BCUT2D eigenvalue weighted by molar-refractivity contribution is -0.145. The third kappa shape index (κ3) is 3.84. The Morgan fingerprint density at radius 3 is 2.83 bits per heavy atom. The topological polar surface area (TPSA) is 35.5 Å². The fourth-order valence-electron chi connectivity index (χ4n) is 2.10. The Labute approximate surface area is 108 Å². The molecular weight excluding hydrogens is 228 g/mol. The number of esters is 1. The second-order valence-corrected chi connectivity index (χ2v) is 4.68. The van der Waals surface area contributed by atoms with Crippen LogP contribution in [0.3, 0.4) is 0 Å². The summed E-state index contributed by atoms with van der Waals surface area (Å²) in [6.45, 7) is 3.69. The minimum atomic E-state index is -0.0365. The summed E-state index contributed by atoms with van der Waals surface area (Å²) in [4.78, 5) is 11.4. The Morgan fingerprint density at radius 2 is 2.11 bits per heavy atom. The number of carbonyl (C=O) groups is 1. The third-order valence-corrected chi connectivity index (χ3v) is 3.26. The van der Waals surface area contributed by atoms with Crippen molar-refractivity contribution < 1.29 is 14.3 Å². The highest BCUT2D eigenvalue weighted by Crippen LogP contribution is 2.42. The summed E-state index contributed by atoms with van der Waals surface area (Å²) in [7, 11) is 0. The van der Waals surface area contributed by atoms with Crippen molar-refractivity contribution >= 4 is 5.97 Å². The third-order valence-electron chi connectivity index (χ3n) is 3.26. The van der Waals surface area contributed by atoms with Gasteiger partial charge in [-0.05, 0) is 31.2 Å². The van der Waals surface area contributed by atoms with Gasteiger partial charge >= 0.3 is 5.97 Å². The molecule has 1 fully saturated rings. The first-order chi connectivity index (χ1) is 8.81. The Balaban J connectivity index is 1.56. The van der Waals surface area contributed by atoms with E-state index in [0.717, 1.165) is 19.4 Å². The van der Waals surface area contributed by atoms with Gasteiger partial charge in [-0.25, -0.2) is 0 Å². The van der Waals surface area contributed by atoms with Gasteiger partial charge < -0.3 is 9.47 Å². The minimum Gasteiger partial charge on any atom is -0.466 e. The van der Waals surface area contributed by atoms with Crippen LogP contribution in [0.5, 0.6) is 0 Å². The number of benzene rings is 1. The summed E-state index contributed by atoms with van der Waals surface area (Å²) in [5.41, 5.74) is 1.19. The van der Waals surface area contributed by atoms with Gasteiger partial charge in [0.2, 0.25) is 0 Å². The maximum atomic E-state index is 11.4. The largest absolute Gasteiger partial charge is 0.466 e. The van der Waals surface area contributed by atoms with Crippen molar-refractivity contribution in [2.24, 2.45) is 11.8 Å². The highest BCUT2D eigenvalue weighted by molar-refractivity contribution is 5.75. The van der Waals surface area contributed by atoms with Crippen molar-refractivity contribution in [3.05, 3.63) is 35.9 Å². The van der Waals surface area contributed by atoms with Crippen molar-refractivity contribution in [2.45, 2.75) is 26.4 Å². The van der Waals surface area contributed by atoms with Crippen LogP contribution in [0, 0.1) is 11.8 Å². The summed E-state index contributed by atoms with van der Waals surface area (Å²) in [6, 6.07) is 10.1. The van der Waals surface area contributed by atoms with E-state index in [2.05, 4.69) is 12.1 Å². The lowest BCUT2D eigenvalue weighted by Gasteiger charge is -2.04. The van der Waals surface area contributed by atoms with E-state index >= 15 is 0 Å². The van der Waals surface area contributed by atoms with Gasteiger partial charge in [-0.1, -0.05) is 30.3 Å². The van der Waals surface area contributed by atoms with Crippen LogP contribution in [0.2, 0.25) is 0 Å². The van der Waals surface area contributed by atoms with Gasteiger partial charge in [0.05, 0.1) is 19.1 Å². The van der Waals surface area contributed by atoms with E-state index in [9.17, 15) is 4.79 Å². The molecule has 0 amide bonds. The number of hydrogen-bond acceptors (Lipinski definition) is 3. The van der Waals surface area contributed by atoms with Crippen molar-refractivity contribution in [1.29, 1.82) is 0 Å². The van der Waals surface area contributed by atoms with E-state index in [1.54, 1.807) is 0 Å². The second kappa shape index (κ2) is 6.55. The molecule has 0 spiro atoms. The first-order valence-corrected chi connectivity index (χ1v) is 6.59. The molecule has 1 aliphatic rings. The predicted octanol–water partition coefficient (Wildman–Crippen LogP) is 2.79. The molecule has 0 unspecified atom stereocenters. The number of carbonyl (C=O) groups excluding carboxylic acids is 1. The zero-order valence-corrected chi connectivity index (χ0v) is 10.8. The molecule has 1 saturated carbocycles. The van der Waals surface area contributed by atoms with E-state index < -0.39 is 0 Å². The number of rotatable bonds is 7. The summed E-state index contributed by atoms with van der Waals surface area (Å²) in [5, 5.41) is 0. The Bertz CT molecular complexity index is 375. The lowest BCUT2D eigenvalue weighted by Crippen LogP contribution is -2.08. The SMILES string of the molecule is CCOC(=O)[C@H]1C[C@@H]1CCOCc1ccccc1. The standard InChI is InChI=1S/C15H20O3/c1-2-18-15(16)14-10-13(14)8-9-17-11-12-6-4-3-5-7-12/h3-7,13-14H,2,8-11H2,1H3/t13-,14-/m0/s1. The quantitative estimate of drug-likeness (QED) is 0.550. The average molecular weight is 248 g/mol. The highest BCUT2D eigenvalue weighted by atomic mass is 16.5. The van der Waals surface area contributed by atoms with Crippen LogP contribution in [0.1, 0.15) is 25.3 Å². The van der Waals surface area contributed by atoms with E-state index in [1.807, 2.05) is 25.1 Å². The molecule has 3 heteroatoms. The van der Waals surface area contributed by atoms with Crippen molar-refractivity contribution in [3.63, 3.8) is 0 Å². The lowest BCUT2D eigenvalue weighted by atomic mass is 10.2. The van der Waals surface area contributed by atoms with Crippen LogP contribution in [0.4, 0.5) is 0 Å². The van der Waals surface area contributed by atoms with Gasteiger partial charge in [0.1, 0.15) is 0 Å². The first-order valence-electron chi connectivity index (χ1n) is 6.59. The maximum absolute atomic E-state index is 11.4. The monoisotopic (exact) mass is 248 g/mol. The first kappa shape index (κ1) is 13.1. The normalized spacial score (nSPS) is 21.6. The van der Waals surface area contributed by atoms with Crippen molar-refractivity contribution in [3.8, 4) is 0 Å².